The Kier molecular flexibility index (Phi) is 9.80. The van der Waals surface area contributed by atoms with Gasteiger partial charge in [-0.2, -0.15) is 13.2 Å². The van der Waals surface area contributed by atoms with Crippen LogP contribution in [0.4, 0.5) is 23.2 Å². The van der Waals surface area contributed by atoms with Crippen LogP contribution in [0.1, 0.15) is 23.1 Å². The molecule has 1 aromatic heterocycles. The molecule has 1 aliphatic rings. The van der Waals surface area contributed by atoms with Gasteiger partial charge < -0.3 is 19.3 Å². The van der Waals surface area contributed by atoms with Gasteiger partial charge in [-0.05, 0) is 61.0 Å². The van der Waals surface area contributed by atoms with Gasteiger partial charge in [-0.25, -0.2) is 12.8 Å². The Labute approximate surface area is 259 Å². The van der Waals surface area contributed by atoms with Gasteiger partial charge in [-0.3, -0.25) is 9.71 Å². The largest absolute Gasteiger partial charge is 0.493 e. The fourth-order valence-corrected chi connectivity index (χ4v) is 6.56. The van der Waals surface area contributed by atoms with Crippen LogP contribution in [-0.2, 0) is 22.6 Å². The molecule has 4 aromatic rings. The maximum absolute atomic E-state index is 15.2. The van der Waals surface area contributed by atoms with Crippen LogP contribution in [0.2, 0.25) is 0 Å². The lowest BCUT2D eigenvalue weighted by atomic mass is 10.00. The molecule has 5 rings (SSSR count). The summed E-state index contributed by atoms with van der Waals surface area (Å²) in [6.07, 6.45) is -2.27. The van der Waals surface area contributed by atoms with E-state index < -0.39 is 32.5 Å². The standard InChI is InChI=1S/C32H34F4N4O4S/c1-39-13-15-40(16-14-39)12-5-17-44-30-21-28-25(20-29(30)43-2)22(10-11-37-28)18-23-8-9-24(19-27(23)33)38-45(41,42)31-7-4-3-6-26(31)32(34,35)36/h3-4,6-11,19-21,38H,5,12-18H2,1-2H3. The lowest BCUT2D eigenvalue weighted by Crippen LogP contribution is -2.44. The van der Waals surface area contributed by atoms with Gasteiger partial charge in [0, 0.05) is 56.8 Å². The molecule has 3 aromatic carbocycles. The summed E-state index contributed by atoms with van der Waals surface area (Å²) in [6, 6.07) is 12.8. The third-order valence-electron chi connectivity index (χ3n) is 7.76. The van der Waals surface area contributed by atoms with Crippen LogP contribution in [0.25, 0.3) is 10.9 Å². The van der Waals surface area contributed by atoms with Crippen molar-refractivity contribution >= 4 is 26.6 Å². The zero-order chi connectivity index (χ0) is 32.2. The van der Waals surface area contributed by atoms with Crippen molar-refractivity contribution in [2.75, 3.05) is 58.2 Å². The maximum Gasteiger partial charge on any atom is 0.417 e. The van der Waals surface area contributed by atoms with E-state index in [9.17, 15) is 21.6 Å². The predicted molar refractivity (Wildman–Crippen MR) is 164 cm³/mol. The highest BCUT2D eigenvalue weighted by Crippen LogP contribution is 2.36. The van der Waals surface area contributed by atoms with E-state index in [1.807, 2.05) is 0 Å². The molecule has 1 fully saturated rings. The van der Waals surface area contributed by atoms with E-state index in [1.54, 1.807) is 31.5 Å². The van der Waals surface area contributed by atoms with Crippen LogP contribution in [0.5, 0.6) is 11.5 Å². The highest BCUT2D eigenvalue weighted by Gasteiger charge is 2.37. The lowest BCUT2D eigenvalue weighted by molar-refractivity contribution is -0.139. The van der Waals surface area contributed by atoms with Crippen LogP contribution in [0.3, 0.4) is 0 Å². The van der Waals surface area contributed by atoms with Gasteiger partial charge in [0.05, 0.1) is 35.4 Å². The molecule has 45 heavy (non-hydrogen) atoms. The monoisotopic (exact) mass is 646 g/mol. The number of pyridine rings is 1. The summed E-state index contributed by atoms with van der Waals surface area (Å²) in [5.41, 5.74) is 0.115. The Morgan fingerprint density at radius 1 is 0.956 bits per heavy atom. The van der Waals surface area contributed by atoms with E-state index in [1.165, 1.54) is 18.2 Å². The molecule has 0 unspecified atom stereocenters. The summed E-state index contributed by atoms with van der Waals surface area (Å²) in [6.45, 7) is 5.65. The van der Waals surface area contributed by atoms with Crippen molar-refractivity contribution in [3.63, 3.8) is 0 Å². The number of ether oxygens (including phenoxy) is 2. The topological polar surface area (TPSA) is 84.0 Å². The van der Waals surface area contributed by atoms with Gasteiger partial charge in [0.15, 0.2) is 11.5 Å². The first-order valence-corrected chi connectivity index (χ1v) is 15.9. The van der Waals surface area contributed by atoms with E-state index in [0.717, 1.165) is 68.3 Å². The maximum atomic E-state index is 15.2. The molecule has 0 bridgehead atoms. The molecule has 240 valence electrons. The summed E-state index contributed by atoms with van der Waals surface area (Å²) in [5.74, 6) is 0.347. The third-order valence-corrected chi connectivity index (χ3v) is 9.20. The summed E-state index contributed by atoms with van der Waals surface area (Å²) in [5, 5.41) is 0.729. The Bertz CT molecular complexity index is 1760. The number of hydrogen-bond donors (Lipinski definition) is 1. The van der Waals surface area contributed by atoms with Crippen LogP contribution >= 0.6 is 0 Å². The fraction of sp³-hybridized carbons (Fsp3) is 0.344. The number of anilines is 1. The second kappa shape index (κ2) is 13.6. The Hall–Kier alpha value is -3.94. The number of likely N-dealkylation sites (N-methyl/N-ethyl adjacent to an activating group) is 1. The van der Waals surface area contributed by atoms with Crippen LogP contribution in [-0.4, -0.2) is 76.7 Å². The van der Waals surface area contributed by atoms with Crippen molar-refractivity contribution in [1.29, 1.82) is 0 Å². The minimum absolute atomic E-state index is 0.142. The van der Waals surface area contributed by atoms with E-state index in [2.05, 4.69) is 26.6 Å². The number of aromatic nitrogens is 1. The van der Waals surface area contributed by atoms with Crippen molar-refractivity contribution in [1.82, 2.24) is 14.8 Å². The summed E-state index contributed by atoms with van der Waals surface area (Å²) in [7, 11) is -0.981. The van der Waals surface area contributed by atoms with Crippen LogP contribution in [0.15, 0.2) is 71.8 Å². The van der Waals surface area contributed by atoms with Gasteiger partial charge in [0.1, 0.15) is 5.82 Å². The van der Waals surface area contributed by atoms with Crippen LogP contribution < -0.4 is 14.2 Å². The Balaban J connectivity index is 1.29. The van der Waals surface area contributed by atoms with Crippen molar-refractivity contribution in [3.8, 4) is 11.5 Å². The first kappa shape index (κ1) is 32.5. The Morgan fingerprint density at radius 2 is 1.71 bits per heavy atom. The predicted octanol–water partition coefficient (Wildman–Crippen LogP) is 5.81. The molecule has 0 saturated carbocycles. The zero-order valence-electron chi connectivity index (χ0n) is 24.9. The normalized spacial score (nSPS) is 14.9. The number of rotatable bonds is 11. The van der Waals surface area contributed by atoms with Crippen molar-refractivity contribution < 1.29 is 35.5 Å². The van der Waals surface area contributed by atoms with Crippen LogP contribution in [0, 0.1) is 5.82 Å². The number of nitrogens with zero attached hydrogens (tertiary/aromatic N) is 3. The summed E-state index contributed by atoms with van der Waals surface area (Å²) < 4.78 is 94.7. The number of methoxy groups -OCH3 is 1. The molecule has 0 radical (unpaired) electrons. The number of piperazine rings is 1. The van der Waals surface area contributed by atoms with Crippen molar-refractivity contribution in [2.45, 2.75) is 23.9 Å². The van der Waals surface area contributed by atoms with Gasteiger partial charge in [-0.1, -0.05) is 18.2 Å². The molecule has 1 N–H and O–H groups in total. The van der Waals surface area contributed by atoms with E-state index in [0.29, 0.717) is 29.7 Å². The second-order valence-electron chi connectivity index (χ2n) is 10.9. The molecule has 13 heteroatoms. The molecule has 0 spiro atoms. The van der Waals surface area contributed by atoms with E-state index in [4.69, 9.17) is 9.47 Å². The number of nitrogens with one attached hydrogen (secondary N) is 1. The number of hydrogen-bond acceptors (Lipinski definition) is 7. The van der Waals surface area contributed by atoms with Crippen molar-refractivity contribution in [2.24, 2.45) is 0 Å². The SMILES string of the molecule is COc1cc2c(Cc3ccc(NS(=O)(=O)c4ccccc4C(F)(F)F)cc3F)ccnc2cc1OCCCN1CCN(C)CC1. The fourth-order valence-electron chi connectivity index (χ4n) is 5.28. The molecular weight excluding hydrogens is 612 g/mol. The molecule has 0 amide bonds. The smallest absolute Gasteiger partial charge is 0.417 e. The molecule has 0 atom stereocenters. The number of benzene rings is 3. The minimum atomic E-state index is -4.88. The van der Waals surface area contributed by atoms with Crippen molar-refractivity contribution in [3.05, 3.63) is 89.4 Å². The average molecular weight is 647 g/mol. The Morgan fingerprint density at radius 3 is 2.42 bits per heavy atom. The summed E-state index contributed by atoms with van der Waals surface area (Å²) >= 11 is 0. The number of fused-ring (bicyclic) bond motifs is 1. The minimum Gasteiger partial charge on any atom is -0.493 e. The number of sulfonamides is 1. The second-order valence-corrected chi connectivity index (χ2v) is 12.6. The van der Waals surface area contributed by atoms with E-state index in [-0.39, 0.29) is 17.7 Å². The average Bonchev–Trinajstić information content (AvgIpc) is 3.00. The van der Waals surface area contributed by atoms with Gasteiger partial charge in [-0.15, -0.1) is 0 Å². The molecule has 2 heterocycles. The van der Waals surface area contributed by atoms with E-state index >= 15 is 4.39 Å². The molecule has 0 aliphatic carbocycles. The first-order valence-electron chi connectivity index (χ1n) is 14.4. The lowest BCUT2D eigenvalue weighted by Gasteiger charge is -2.32. The quantitative estimate of drug-likeness (QED) is 0.163. The molecule has 1 saturated heterocycles. The van der Waals surface area contributed by atoms with Gasteiger partial charge in [0.25, 0.3) is 10.0 Å². The highest BCUT2D eigenvalue weighted by molar-refractivity contribution is 7.92. The highest BCUT2D eigenvalue weighted by atomic mass is 32.2. The molecular formula is C32H34F4N4O4S. The summed E-state index contributed by atoms with van der Waals surface area (Å²) in [4.78, 5) is 8.24. The number of halogens is 4. The van der Waals surface area contributed by atoms with Gasteiger partial charge in [0.2, 0.25) is 0 Å². The first-order chi connectivity index (χ1) is 21.4. The molecule has 8 nitrogen and oxygen atoms in total. The zero-order valence-corrected chi connectivity index (χ0v) is 25.7. The van der Waals surface area contributed by atoms with Gasteiger partial charge >= 0.3 is 6.18 Å². The number of alkyl halides is 3. The molecule has 1 aliphatic heterocycles. The third kappa shape index (κ3) is 7.84.